The third kappa shape index (κ3) is 5.85. The normalized spacial score (nSPS) is 21.8. The molecule has 2 aliphatic heterocycles. The lowest BCUT2D eigenvalue weighted by Crippen LogP contribution is -2.41. The smallest absolute Gasteiger partial charge is 0.475 e. The summed E-state index contributed by atoms with van der Waals surface area (Å²) in [6.07, 6.45) is -2.64. The van der Waals surface area contributed by atoms with E-state index in [9.17, 15) is 18.0 Å². The third-order valence-electron chi connectivity index (χ3n) is 5.15. The Balaban J connectivity index is 0.000000360. The van der Waals surface area contributed by atoms with E-state index < -0.39 is 12.1 Å². The second kappa shape index (κ2) is 9.57. The zero-order valence-electron chi connectivity index (χ0n) is 17.8. The molecule has 2 aromatic rings. The summed E-state index contributed by atoms with van der Waals surface area (Å²) in [5, 5.41) is 9.16. The zero-order valence-corrected chi connectivity index (χ0v) is 18.6. The Bertz CT molecular complexity index is 968. The number of likely N-dealkylation sites (tertiary alicyclic amines) is 1. The maximum atomic E-state index is 12.5. The monoisotopic (exact) mass is 474 g/mol. The van der Waals surface area contributed by atoms with Gasteiger partial charge in [-0.2, -0.15) is 13.2 Å². The molecule has 1 N–H and O–H groups in total. The Hall–Kier alpha value is -2.47. The molecule has 0 bridgehead atoms. The number of nitrogens with zero attached hydrogens (tertiary/aromatic N) is 4. The number of ether oxygens (including phenoxy) is 1. The van der Waals surface area contributed by atoms with Gasteiger partial charge in [-0.1, -0.05) is 13.8 Å². The fourth-order valence-corrected chi connectivity index (χ4v) is 4.56. The van der Waals surface area contributed by atoms with Crippen LogP contribution in [-0.2, 0) is 14.3 Å². The van der Waals surface area contributed by atoms with Crippen LogP contribution in [0, 0.1) is 11.3 Å². The van der Waals surface area contributed by atoms with Crippen molar-refractivity contribution < 1.29 is 32.6 Å². The van der Waals surface area contributed by atoms with Crippen LogP contribution >= 0.6 is 11.3 Å². The maximum Gasteiger partial charge on any atom is 0.490 e. The minimum Gasteiger partial charge on any atom is -0.475 e. The number of anilines is 1. The quantitative estimate of drug-likeness (QED) is 0.731. The molecule has 8 nitrogen and oxygen atoms in total. The molecule has 1 spiro atoms. The zero-order chi connectivity index (χ0) is 23.5. The van der Waals surface area contributed by atoms with Crippen molar-refractivity contribution in [3.8, 4) is 0 Å². The minimum absolute atomic E-state index is 0.157. The highest BCUT2D eigenvalue weighted by Gasteiger charge is 2.46. The van der Waals surface area contributed by atoms with Gasteiger partial charge >= 0.3 is 12.1 Å². The topological polar surface area (TPSA) is 95.9 Å². The van der Waals surface area contributed by atoms with E-state index in [1.54, 1.807) is 11.3 Å². The van der Waals surface area contributed by atoms with Crippen LogP contribution in [0.1, 0.15) is 20.3 Å². The Morgan fingerprint density at radius 3 is 2.75 bits per heavy atom. The van der Waals surface area contributed by atoms with Crippen LogP contribution < -0.4 is 4.90 Å². The summed E-state index contributed by atoms with van der Waals surface area (Å²) in [7, 11) is 0. The number of aromatic nitrogens is 2. The lowest BCUT2D eigenvalue weighted by atomic mass is 9.87. The molecule has 0 aromatic carbocycles. The van der Waals surface area contributed by atoms with Gasteiger partial charge in [0.05, 0.1) is 29.6 Å². The highest BCUT2D eigenvalue weighted by Crippen LogP contribution is 2.35. The van der Waals surface area contributed by atoms with Crippen LogP contribution in [0.25, 0.3) is 10.2 Å². The van der Waals surface area contributed by atoms with E-state index in [0.717, 1.165) is 42.3 Å². The van der Waals surface area contributed by atoms with Crippen molar-refractivity contribution in [3.63, 3.8) is 0 Å². The molecule has 0 aliphatic carbocycles. The fraction of sp³-hybridized carbons (Fsp3) is 0.600. The van der Waals surface area contributed by atoms with Crippen molar-refractivity contribution in [1.82, 2.24) is 14.9 Å². The first kappa shape index (κ1) is 24.2. The molecule has 2 fully saturated rings. The fourth-order valence-electron chi connectivity index (χ4n) is 3.86. The van der Waals surface area contributed by atoms with Crippen molar-refractivity contribution in [2.75, 3.05) is 44.3 Å². The predicted octanol–water partition coefficient (Wildman–Crippen LogP) is 3.04. The van der Waals surface area contributed by atoms with Gasteiger partial charge in [-0.25, -0.2) is 14.8 Å². The van der Waals surface area contributed by atoms with Crippen molar-refractivity contribution >= 4 is 39.4 Å². The van der Waals surface area contributed by atoms with Gasteiger partial charge in [0.2, 0.25) is 11.9 Å². The first-order valence-corrected chi connectivity index (χ1v) is 11.0. The van der Waals surface area contributed by atoms with Crippen molar-refractivity contribution in [1.29, 1.82) is 0 Å². The van der Waals surface area contributed by atoms with E-state index >= 15 is 0 Å². The molecular formula is C20H25F3N4O4S. The van der Waals surface area contributed by atoms with E-state index in [0.29, 0.717) is 25.6 Å². The Labute approximate surface area is 187 Å². The third-order valence-corrected chi connectivity index (χ3v) is 5.99. The number of carbonyl (C=O) groups is 2. The van der Waals surface area contributed by atoms with Crippen molar-refractivity contribution in [3.05, 3.63) is 17.6 Å². The first-order valence-electron chi connectivity index (χ1n) is 10.1. The summed E-state index contributed by atoms with van der Waals surface area (Å²) in [4.78, 5) is 34.9. The number of hydrogen-bond donors (Lipinski definition) is 1. The first-order chi connectivity index (χ1) is 15.0. The molecule has 1 amide bonds. The molecule has 1 atom stereocenters. The van der Waals surface area contributed by atoms with E-state index in [-0.39, 0.29) is 11.3 Å². The van der Waals surface area contributed by atoms with Gasteiger partial charge in [-0.3, -0.25) is 4.79 Å². The number of rotatable bonds is 3. The van der Waals surface area contributed by atoms with Crippen LogP contribution in [0.5, 0.6) is 0 Å². The van der Waals surface area contributed by atoms with E-state index in [2.05, 4.69) is 23.7 Å². The van der Waals surface area contributed by atoms with Gasteiger partial charge in [-0.05, 0) is 17.4 Å². The molecule has 32 heavy (non-hydrogen) atoms. The molecule has 0 radical (unpaired) electrons. The minimum atomic E-state index is -5.08. The van der Waals surface area contributed by atoms with Gasteiger partial charge in [0, 0.05) is 38.0 Å². The summed E-state index contributed by atoms with van der Waals surface area (Å²) in [6.45, 7) is 8.68. The molecular weight excluding hydrogens is 449 g/mol. The standard InChI is InChI=1S/C18H24N4O2S.C2HF3O2/c1-13(2)9-22-11-18(7-16(22)23)10-21(4-5-24-12-18)17-19-8-15-14(20-17)3-6-25-15;3-2(4,5)1(6)7/h3,6,8,13H,4-5,7,9-12H2,1-2H3;(H,6,7). The van der Waals surface area contributed by atoms with E-state index in [4.69, 9.17) is 19.6 Å². The number of amides is 1. The number of carbonyl (C=O) groups excluding carboxylic acids is 1. The van der Waals surface area contributed by atoms with Crippen LogP contribution in [0.15, 0.2) is 17.6 Å². The predicted molar refractivity (Wildman–Crippen MR) is 113 cm³/mol. The Morgan fingerprint density at radius 2 is 2.09 bits per heavy atom. The summed E-state index contributed by atoms with van der Waals surface area (Å²) < 4.78 is 38.7. The molecule has 2 aromatic heterocycles. The molecule has 2 saturated heterocycles. The highest BCUT2D eigenvalue weighted by atomic mass is 32.1. The molecule has 1 unspecified atom stereocenters. The van der Waals surface area contributed by atoms with Crippen molar-refractivity contribution in [2.45, 2.75) is 26.4 Å². The summed E-state index contributed by atoms with van der Waals surface area (Å²) in [5.74, 6) is -1.29. The number of thiophene rings is 1. The second-order valence-electron chi connectivity index (χ2n) is 8.46. The number of fused-ring (bicyclic) bond motifs is 1. The Morgan fingerprint density at radius 1 is 1.38 bits per heavy atom. The van der Waals surface area contributed by atoms with Crippen LogP contribution in [-0.4, -0.2) is 77.4 Å². The highest BCUT2D eigenvalue weighted by molar-refractivity contribution is 7.17. The summed E-state index contributed by atoms with van der Waals surface area (Å²) >= 11 is 1.65. The summed E-state index contributed by atoms with van der Waals surface area (Å²) in [5.41, 5.74) is 0.827. The van der Waals surface area contributed by atoms with Crippen LogP contribution in [0.3, 0.4) is 0 Å². The average Bonchev–Trinajstić information content (AvgIpc) is 3.21. The number of carboxylic acid groups (broad SMARTS) is 1. The number of halogens is 3. The largest absolute Gasteiger partial charge is 0.490 e. The lowest BCUT2D eigenvalue weighted by molar-refractivity contribution is -0.192. The lowest BCUT2D eigenvalue weighted by Gasteiger charge is -2.31. The van der Waals surface area contributed by atoms with Crippen LogP contribution in [0.4, 0.5) is 19.1 Å². The number of aliphatic carboxylic acids is 1. The Kier molecular flexibility index (Phi) is 7.23. The molecule has 176 valence electrons. The number of carboxylic acids is 1. The molecule has 4 rings (SSSR count). The molecule has 4 heterocycles. The number of hydrogen-bond acceptors (Lipinski definition) is 7. The van der Waals surface area contributed by atoms with Gasteiger partial charge in [0.15, 0.2) is 0 Å². The maximum absolute atomic E-state index is 12.5. The molecule has 0 saturated carbocycles. The average molecular weight is 475 g/mol. The van der Waals surface area contributed by atoms with Crippen molar-refractivity contribution in [2.24, 2.45) is 11.3 Å². The van der Waals surface area contributed by atoms with Gasteiger partial charge < -0.3 is 19.6 Å². The van der Waals surface area contributed by atoms with Gasteiger partial charge in [0.1, 0.15) is 0 Å². The van der Waals surface area contributed by atoms with E-state index in [1.165, 1.54) is 0 Å². The van der Waals surface area contributed by atoms with E-state index in [1.807, 2.05) is 22.5 Å². The second-order valence-corrected chi connectivity index (χ2v) is 9.41. The van der Waals surface area contributed by atoms with Gasteiger partial charge in [0.25, 0.3) is 0 Å². The number of alkyl halides is 3. The van der Waals surface area contributed by atoms with Crippen LogP contribution in [0.2, 0.25) is 0 Å². The molecule has 2 aliphatic rings. The SMILES string of the molecule is CC(C)CN1CC2(COCCN(c3ncc4sccc4n3)C2)CC1=O.O=C(O)C(F)(F)F. The van der Waals surface area contributed by atoms with Gasteiger partial charge in [-0.15, -0.1) is 11.3 Å². The summed E-state index contributed by atoms with van der Waals surface area (Å²) in [6, 6.07) is 2.03. The molecule has 12 heteroatoms.